The standard InChI is InChI=1S/C27H29NO5/c1-30-23-11-17-10-21-19-13-25(32-3)26(33-4)14-20(19)22(29)15-28(21)27(16-8-6-5-7-9-16)18(17)12-24(23)31-2/h5-9,11-14,21-22,27,29H,10,15H2,1-4H3/t21-,22-,27-/m0/s1. The largest absolute Gasteiger partial charge is 0.493 e. The summed E-state index contributed by atoms with van der Waals surface area (Å²) in [5.74, 6) is 2.73. The van der Waals surface area contributed by atoms with Gasteiger partial charge in [-0.2, -0.15) is 0 Å². The first kappa shape index (κ1) is 21.6. The fourth-order valence-electron chi connectivity index (χ4n) is 5.37. The number of benzene rings is 3. The molecule has 3 aromatic carbocycles. The molecule has 3 aromatic rings. The van der Waals surface area contributed by atoms with Crippen molar-refractivity contribution in [2.45, 2.75) is 24.6 Å². The van der Waals surface area contributed by atoms with Gasteiger partial charge in [0.2, 0.25) is 0 Å². The van der Waals surface area contributed by atoms with Crippen molar-refractivity contribution in [2.75, 3.05) is 35.0 Å². The van der Waals surface area contributed by atoms with Crippen LogP contribution in [-0.4, -0.2) is 45.0 Å². The van der Waals surface area contributed by atoms with Gasteiger partial charge < -0.3 is 24.1 Å². The van der Waals surface area contributed by atoms with E-state index in [2.05, 4.69) is 41.3 Å². The number of rotatable bonds is 5. The third-order valence-electron chi connectivity index (χ3n) is 6.89. The van der Waals surface area contributed by atoms with Crippen molar-refractivity contribution in [3.63, 3.8) is 0 Å². The van der Waals surface area contributed by atoms with E-state index in [1.54, 1.807) is 28.4 Å². The van der Waals surface area contributed by atoms with Gasteiger partial charge in [-0.3, -0.25) is 4.90 Å². The molecule has 0 saturated carbocycles. The van der Waals surface area contributed by atoms with Gasteiger partial charge in [0.15, 0.2) is 23.0 Å². The lowest BCUT2D eigenvalue weighted by molar-refractivity contribution is 0.0388. The molecule has 3 atom stereocenters. The molecule has 6 nitrogen and oxygen atoms in total. The summed E-state index contributed by atoms with van der Waals surface area (Å²) < 4.78 is 22.4. The van der Waals surface area contributed by atoms with E-state index in [4.69, 9.17) is 18.9 Å². The molecule has 0 amide bonds. The molecule has 2 aliphatic heterocycles. The monoisotopic (exact) mass is 447 g/mol. The van der Waals surface area contributed by atoms with Crippen LogP contribution in [0.4, 0.5) is 0 Å². The van der Waals surface area contributed by atoms with Crippen LogP contribution in [0.3, 0.4) is 0 Å². The van der Waals surface area contributed by atoms with Crippen LogP contribution in [0.15, 0.2) is 54.6 Å². The van der Waals surface area contributed by atoms with Crippen molar-refractivity contribution >= 4 is 0 Å². The third-order valence-corrected chi connectivity index (χ3v) is 6.89. The van der Waals surface area contributed by atoms with E-state index in [1.165, 1.54) is 16.7 Å². The maximum Gasteiger partial charge on any atom is 0.161 e. The zero-order valence-electron chi connectivity index (χ0n) is 19.4. The maximum absolute atomic E-state index is 11.2. The van der Waals surface area contributed by atoms with Gasteiger partial charge in [-0.1, -0.05) is 30.3 Å². The average Bonchev–Trinajstić information content (AvgIpc) is 2.86. The van der Waals surface area contributed by atoms with Crippen molar-refractivity contribution in [1.82, 2.24) is 4.90 Å². The molecule has 172 valence electrons. The summed E-state index contributed by atoms with van der Waals surface area (Å²) in [6.07, 6.45) is 0.151. The Morgan fingerprint density at radius 2 is 1.27 bits per heavy atom. The quantitative estimate of drug-likeness (QED) is 0.623. The molecular weight excluding hydrogens is 418 g/mol. The molecule has 0 saturated heterocycles. The molecule has 0 radical (unpaired) electrons. The molecule has 0 unspecified atom stereocenters. The number of aliphatic hydroxyl groups is 1. The SMILES string of the molecule is COc1cc2c(cc1OC)[C@H](c1ccccc1)N1C[C@H](O)c3cc(OC)c(OC)cc3[C@@H]1C2. The second kappa shape index (κ2) is 8.61. The Hall–Kier alpha value is -3.22. The van der Waals surface area contributed by atoms with E-state index in [0.29, 0.717) is 23.8 Å². The van der Waals surface area contributed by atoms with Crippen molar-refractivity contribution in [3.8, 4) is 23.0 Å². The predicted octanol–water partition coefficient (Wildman–Crippen LogP) is 4.46. The van der Waals surface area contributed by atoms with Gasteiger partial charge >= 0.3 is 0 Å². The highest BCUT2D eigenvalue weighted by molar-refractivity contribution is 5.55. The number of ether oxygens (including phenoxy) is 4. The minimum atomic E-state index is -0.635. The van der Waals surface area contributed by atoms with E-state index >= 15 is 0 Å². The summed E-state index contributed by atoms with van der Waals surface area (Å²) in [4.78, 5) is 2.39. The fourth-order valence-corrected chi connectivity index (χ4v) is 5.37. The molecule has 0 aromatic heterocycles. The Morgan fingerprint density at radius 3 is 1.88 bits per heavy atom. The van der Waals surface area contributed by atoms with Crippen LogP contribution >= 0.6 is 0 Å². The number of aliphatic hydroxyl groups excluding tert-OH is 1. The molecule has 0 fully saturated rings. The van der Waals surface area contributed by atoms with Gasteiger partial charge in [-0.15, -0.1) is 0 Å². The summed E-state index contributed by atoms with van der Waals surface area (Å²) in [7, 11) is 6.58. The highest BCUT2D eigenvalue weighted by Gasteiger charge is 2.42. The first-order chi connectivity index (χ1) is 16.1. The smallest absolute Gasteiger partial charge is 0.161 e. The second-order valence-electron chi connectivity index (χ2n) is 8.49. The van der Waals surface area contributed by atoms with E-state index in [1.807, 2.05) is 18.2 Å². The van der Waals surface area contributed by atoms with Crippen LogP contribution in [-0.2, 0) is 6.42 Å². The fraction of sp³-hybridized carbons (Fsp3) is 0.333. The van der Waals surface area contributed by atoms with Crippen molar-refractivity contribution in [2.24, 2.45) is 0 Å². The first-order valence-corrected chi connectivity index (χ1v) is 11.1. The minimum Gasteiger partial charge on any atom is -0.493 e. The Labute approximate surface area is 194 Å². The Bertz CT molecular complexity index is 1160. The van der Waals surface area contributed by atoms with Crippen LogP contribution in [0.2, 0.25) is 0 Å². The van der Waals surface area contributed by atoms with Gasteiger partial charge in [-0.25, -0.2) is 0 Å². The zero-order chi connectivity index (χ0) is 23.1. The van der Waals surface area contributed by atoms with Crippen molar-refractivity contribution in [1.29, 1.82) is 0 Å². The molecule has 0 spiro atoms. The highest BCUT2D eigenvalue weighted by Crippen LogP contribution is 2.51. The molecule has 6 heteroatoms. The molecule has 1 N–H and O–H groups in total. The van der Waals surface area contributed by atoms with Crippen molar-refractivity contribution in [3.05, 3.63) is 82.4 Å². The molecule has 0 aliphatic carbocycles. The zero-order valence-corrected chi connectivity index (χ0v) is 19.4. The normalized spacial score (nSPS) is 21.4. The lowest BCUT2D eigenvalue weighted by atomic mass is 9.78. The molecule has 33 heavy (non-hydrogen) atoms. The summed E-state index contributed by atoms with van der Waals surface area (Å²) in [6, 6.07) is 18.6. The van der Waals surface area contributed by atoms with Gasteiger partial charge in [0.25, 0.3) is 0 Å². The lowest BCUT2D eigenvalue weighted by Gasteiger charge is -2.48. The van der Waals surface area contributed by atoms with Crippen LogP contribution in [0.25, 0.3) is 0 Å². The van der Waals surface area contributed by atoms with E-state index in [0.717, 1.165) is 23.3 Å². The van der Waals surface area contributed by atoms with Gasteiger partial charge in [0.1, 0.15) is 0 Å². The summed E-state index contributed by atoms with van der Waals surface area (Å²) >= 11 is 0. The number of fused-ring (bicyclic) bond motifs is 4. The molecular formula is C27H29NO5. The van der Waals surface area contributed by atoms with Crippen LogP contribution in [0.5, 0.6) is 23.0 Å². The topological polar surface area (TPSA) is 60.4 Å². The van der Waals surface area contributed by atoms with Crippen molar-refractivity contribution < 1.29 is 24.1 Å². The van der Waals surface area contributed by atoms with Gasteiger partial charge in [0.05, 0.1) is 40.6 Å². The minimum absolute atomic E-state index is 0.0318. The number of hydrogen-bond acceptors (Lipinski definition) is 6. The number of methoxy groups -OCH3 is 4. The molecule has 5 rings (SSSR count). The third kappa shape index (κ3) is 3.50. The summed E-state index contributed by atoms with van der Waals surface area (Å²) in [5, 5.41) is 11.2. The second-order valence-corrected chi connectivity index (χ2v) is 8.49. The maximum atomic E-state index is 11.2. The van der Waals surface area contributed by atoms with Gasteiger partial charge in [-0.05, 0) is 58.5 Å². The van der Waals surface area contributed by atoms with Crippen LogP contribution in [0.1, 0.15) is 46.0 Å². The Kier molecular flexibility index (Phi) is 5.64. The Balaban J connectivity index is 1.72. The Morgan fingerprint density at radius 1 is 0.727 bits per heavy atom. The average molecular weight is 448 g/mol. The predicted molar refractivity (Wildman–Crippen MR) is 125 cm³/mol. The van der Waals surface area contributed by atoms with E-state index < -0.39 is 6.10 Å². The molecule has 2 heterocycles. The summed E-state index contributed by atoms with van der Waals surface area (Å²) in [5.41, 5.74) is 5.51. The van der Waals surface area contributed by atoms with E-state index in [9.17, 15) is 5.11 Å². The lowest BCUT2D eigenvalue weighted by Crippen LogP contribution is -2.44. The highest BCUT2D eigenvalue weighted by atomic mass is 16.5. The summed E-state index contributed by atoms with van der Waals surface area (Å²) in [6.45, 7) is 0.514. The number of nitrogens with zero attached hydrogens (tertiary/aromatic N) is 1. The van der Waals surface area contributed by atoms with Crippen LogP contribution < -0.4 is 18.9 Å². The van der Waals surface area contributed by atoms with Gasteiger partial charge in [0, 0.05) is 12.6 Å². The van der Waals surface area contributed by atoms with Crippen LogP contribution in [0, 0.1) is 0 Å². The molecule has 2 aliphatic rings. The van der Waals surface area contributed by atoms with E-state index in [-0.39, 0.29) is 12.1 Å². The first-order valence-electron chi connectivity index (χ1n) is 11.1. The number of hydrogen-bond donors (Lipinski definition) is 1. The molecule has 0 bridgehead atoms.